The molecular formula is C11H12ClN3O3S2. The SMILES string of the molecule is Cl.O=[N+]([O-])c1ccc2sc([S@](=O)[C@H]3CCNC3)nc2c1. The highest BCUT2D eigenvalue weighted by Crippen LogP contribution is 2.29. The highest BCUT2D eigenvalue weighted by atomic mass is 35.5. The fraction of sp³-hybridized carbons (Fsp3) is 0.364. The lowest BCUT2D eigenvalue weighted by Gasteiger charge is -2.03. The molecular weight excluding hydrogens is 322 g/mol. The number of rotatable bonds is 3. The minimum Gasteiger partial charge on any atom is -0.315 e. The van der Waals surface area contributed by atoms with Crippen LogP contribution in [0.25, 0.3) is 10.2 Å². The summed E-state index contributed by atoms with van der Waals surface area (Å²) in [6.07, 6.45) is 0.878. The molecule has 0 bridgehead atoms. The number of halogens is 1. The van der Waals surface area contributed by atoms with Gasteiger partial charge < -0.3 is 5.32 Å². The van der Waals surface area contributed by atoms with Gasteiger partial charge in [-0.1, -0.05) is 0 Å². The molecule has 1 aliphatic rings. The lowest BCUT2D eigenvalue weighted by atomic mass is 10.3. The maximum atomic E-state index is 12.3. The molecule has 2 aromatic rings. The van der Waals surface area contributed by atoms with Crippen molar-refractivity contribution in [3.63, 3.8) is 0 Å². The van der Waals surface area contributed by atoms with Crippen LogP contribution >= 0.6 is 23.7 Å². The average molecular weight is 334 g/mol. The Labute approximate surface area is 127 Å². The molecule has 0 radical (unpaired) electrons. The first-order chi connectivity index (χ1) is 9.15. The van der Waals surface area contributed by atoms with Gasteiger partial charge in [-0.15, -0.1) is 23.7 Å². The first-order valence-electron chi connectivity index (χ1n) is 5.81. The van der Waals surface area contributed by atoms with Gasteiger partial charge in [-0.05, 0) is 19.0 Å². The third kappa shape index (κ3) is 2.83. The highest BCUT2D eigenvalue weighted by Gasteiger charge is 2.25. The Morgan fingerprint density at radius 3 is 2.95 bits per heavy atom. The molecule has 1 aliphatic heterocycles. The van der Waals surface area contributed by atoms with Gasteiger partial charge in [-0.2, -0.15) is 0 Å². The van der Waals surface area contributed by atoms with Crippen LogP contribution in [0.5, 0.6) is 0 Å². The Morgan fingerprint density at radius 2 is 2.30 bits per heavy atom. The Hall–Kier alpha value is -1.09. The molecule has 2 heterocycles. The van der Waals surface area contributed by atoms with E-state index in [0.717, 1.165) is 24.2 Å². The third-order valence-electron chi connectivity index (χ3n) is 3.05. The van der Waals surface area contributed by atoms with Gasteiger partial charge in [0.05, 0.1) is 31.2 Å². The number of nitrogens with one attached hydrogen (secondary N) is 1. The molecule has 1 N–H and O–H groups in total. The Balaban J connectivity index is 0.00000147. The van der Waals surface area contributed by atoms with Gasteiger partial charge in [-0.3, -0.25) is 14.3 Å². The van der Waals surface area contributed by atoms with Crippen molar-refractivity contribution in [2.45, 2.75) is 16.0 Å². The van der Waals surface area contributed by atoms with Crippen molar-refractivity contribution in [1.29, 1.82) is 0 Å². The van der Waals surface area contributed by atoms with Crippen LogP contribution in [0.2, 0.25) is 0 Å². The summed E-state index contributed by atoms with van der Waals surface area (Å²) in [5.41, 5.74) is 0.561. The van der Waals surface area contributed by atoms with E-state index >= 15 is 0 Å². The lowest BCUT2D eigenvalue weighted by molar-refractivity contribution is -0.384. The molecule has 108 valence electrons. The molecule has 0 aliphatic carbocycles. The quantitative estimate of drug-likeness (QED) is 0.686. The summed E-state index contributed by atoms with van der Waals surface area (Å²) in [7, 11) is -1.13. The number of nitro benzene ring substituents is 1. The van der Waals surface area contributed by atoms with E-state index in [4.69, 9.17) is 0 Å². The Morgan fingerprint density at radius 1 is 1.50 bits per heavy atom. The van der Waals surface area contributed by atoms with Gasteiger partial charge >= 0.3 is 0 Å². The molecule has 0 unspecified atom stereocenters. The molecule has 1 fully saturated rings. The van der Waals surface area contributed by atoms with Crippen LogP contribution in [-0.2, 0) is 10.8 Å². The minimum absolute atomic E-state index is 0. The van der Waals surface area contributed by atoms with Crippen LogP contribution < -0.4 is 5.32 Å². The van der Waals surface area contributed by atoms with Gasteiger partial charge in [-0.25, -0.2) is 4.98 Å². The van der Waals surface area contributed by atoms with Gasteiger partial charge in [0.2, 0.25) is 0 Å². The van der Waals surface area contributed by atoms with Crippen molar-refractivity contribution < 1.29 is 9.13 Å². The second-order valence-corrected chi connectivity index (χ2v) is 7.24. The summed E-state index contributed by atoms with van der Waals surface area (Å²) in [5.74, 6) is 0. The van der Waals surface area contributed by atoms with Crippen molar-refractivity contribution in [2.75, 3.05) is 13.1 Å². The van der Waals surface area contributed by atoms with E-state index in [2.05, 4.69) is 10.3 Å². The summed E-state index contributed by atoms with van der Waals surface area (Å²) in [5, 5.41) is 14.0. The smallest absolute Gasteiger partial charge is 0.271 e. The maximum absolute atomic E-state index is 12.3. The predicted octanol–water partition coefficient (Wildman–Crippen LogP) is 2.10. The van der Waals surface area contributed by atoms with E-state index in [1.807, 2.05) is 0 Å². The van der Waals surface area contributed by atoms with Crippen molar-refractivity contribution in [3.8, 4) is 0 Å². The van der Waals surface area contributed by atoms with Crippen LogP contribution in [-0.4, -0.2) is 32.5 Å². The van der Waals surface area contributed by atoms with Crippen molar-refractivity contribution in [2.24, 2.45) is 0 Å². The number of thiazole rings is 1. The van der Waals surface area contributed by atoms with Crippen molar-refractivity contribution in [1.82, 2.24) is 10.3 Å². The molecule has 1 aromatic heterocycles. The summed E-state index contributed by atoms with van der Waals surface area (Å²) >= 11 is 1.35. The van der Waals surface area contributed by atoms with Gasteiger partial charge in [0.15, 0.2) is 4.34 Å². The third-order valence-corrected chi connectivity index (χ3v) is 6.07. The van der Waals surface area contributed by atoms with Crippen molar-refractivity contribution in [3.05, 3.63) is 28.3 Å². The zero-order chi connectivity index (χ0) is 13.4. The first kappa shape index (κ1) is 15.3. The van der Waals surface area contributed by atoms with Crippen molar-refractivity contribution >= 4 is 50.4 Å². The number of fused-ring (bicyclic) bond motifs is 1. The van der Waals surface area contributed by atoms with E-state index in [1.165, 1.54) is 23.5 Å². The number of hydrogen-bond donors (Lipinski definition) is 1. The number of non-ortho nitro benzene ring substituents is 1. The van der Waals surface area contributed by atoms with Crippen LogP contribution in [0.1, 0.15) is 6.42 Å². The highest BCUT2D eigenvalue weighted by molar-refractivity contribution is 7.88. The molecule has 20 heavy (non-hydrogen) atoms. The second kappa shape index (κ2) is 6.13. The van der Waals surface area contributed by atoms with Gasteiger partial charge in [0, 0.05) is 18.7 Å². The van der Waals surface area contributed by atoms with E-state index in [-0.39, 0.29) is 23.3 Å². The zero-order valence-electron chi connectivity index (χ0n) is 10.3. The fourth-order valence-electron chi connectivity index (χ4n) is 2.05. The summed E-state index contributed by atoms with van der Waals surface area (Å²) in [6, 6.07) is 4.54. The predicted molar refractivity (Wildman–Crippen MR) is 81.2 cm³/mol. The molecule has 1 aromatic carbocycles. The monoisotopic (exact) mass is 333 g/mol. The first-order valence-corrected chi connectivity index (χ1v) is 7.84. The number of nitrogens with zero attached hydrogens (tertiary/aromatic N) is 2. The maximum Gasteiger partial charge on any atom is 0.271 e. The van der Waals surface area contributed by atoms with E-state index < -0.39 is 15.7 Å². The molecule has 0 amide bonds. The van der Waals surface area contributed by atoms with E-state index in [0.29, 0.717) is 9.86 Å². The van der Waals surface area contributed by atoms with Crippen LogP contribution in [0.3, 0.4) is 0 Å². The molecule has 3 rings (SSSR count). The van der Waals surface area contributed by atoms with Crippen LogP contribution in [0.15, 0.2) is 22.5 Å². The van der Waals surface area contributed by atoms with Gasteiger partial charge in [0.25, 0.3) is 5.69 Å². The fourth-order valence-corrected chi connectivity index (χ4v) is 4.81. The lowest BCUT2D eigenvalue weighted by Crippen LogP contribution is -2.18. The largest absolute Gasteiger partial charge is 0.315 e. The summed E-state index contributed by atoms with van der Waals surface area (Å²) in [4.78, 5) is 14.5. The number of aromatic nitrogens is 1. The second-order valence-electron chi connectivity index (χ2n) is 4.30. The minimum atomic E-state index is -1.13. The normalized spacial score (nSPS) is 19.7. The standard InChI is InChI=1S/C11H11N3O3S2.ClH/c15-14(16)7-1-2-10-9(5-7)13-11(18-10)19(17)8-3-4-12-6-8;/h1-2,5,8,12H,3-4,6H2;1H/t8-,19+;/m0./s1. The summed E-state index contributed by atoms with van der Waals surface area (Å²) in [6.45, 7) is 1.62. The number of benzene rings is 1. The topological polar surface area (TPSA) is 85.1 Å². The number of hydrogen-bond acceptors (Lipinski definition) is 6. The molecule has 6 nitrogen and oxygen atoms in total. The average Bonchev–Trinajstić information content (AvgIpc) is 3.06. The molecule has 1 saturated heterocycles. The molecule has 0 saturated carbocycles. The van der Waals surface area contributed by atoms with E-state index in [1.54, 1.807) is 6.07 Å². The van der Waals surface area contributed by atoms with Crippen LogP contribution in [0, 0.1) is 10.1 Å². The zero-order valence-corrected chi connectivity index (χ0v) is 12.7. The molecule has 2 atom stereocenters. The summed E-state index contributed by atoms with van der Waals surface area (Å²) < 4.78 is 13.7. The van der Waals surface area contributed by atoms with Gasteiger partial charge in [0.1, 0.15) is 0 Å². The molecule has 0 spiro atoms. The van der Waals surface area contributed by atoms with E-state index in [9.17, 15) is 14.3 Å². The number of nitro groups is 1. The molecule has 9 heteroatoms. The Bertz CT molecular complexity index is 670. The Kier molecular flexibility index (Phi) is 4.69. The van der Waals surface area contributed by atoms with Crippen LogP contribution in [0.4, 0.5) is 5.69 Å².